The average Bonchev–Trinajstić information content (AvgIpc) is 2.67. The van der Waals surface area contributed by atoms with Crippen LogP contribution in [0.1, 0.15) is 24.5 Å². The standard InChI is InChI=1S/C12H14ClN3O/c1-16-10(13)6-9-11(14-7-15-12(9)16)8-2-4-17-5-3-8/h6-8H,2-5H2,1H3. The largest absolute Gasteiger partial charge is 0.381 e. The van der Waals surface area contributed by atoms with Gasteiger partial charge in [0.2, 0.25) is 0 Å². The number of ether oxygens (including phenoxy) is 1. The van der Waals surface area contributed by atoms with Gasteiger partial charge in [0, 0.05) is 31.6 Å². The third-order valence-corrected chi connectivity index (χ3v) is 3.77. The molecule has 0 aromatic carbocycles. The van der Waals surface area contributed by atoms with Crippen LogP contribution in [-0.4, -0.2) is 27.7 Å². The van der Waals surface area contributed by atoms with E-state index in [0.29, 0.717) is 11.1 Å². The molecule has 3 rings (SSSR count). The third kappa shape index (κ3) is 1.81. The van der Waals surface area contributed by atoms with E-state index in [1.807, 2.05) is 17.7 Å². The Balaban J connectivity index is 2.12. The lowest BCUT2D eigenvalue weighted by Gasteiger charge is -2.21. The number of rotatable bonds is 1. The fourth-order valence-electron chi connectivity index (χ4n) is 2.42. The van der Waals surface area contributed by atoms with E-state index < -0.39 is 0 Å². The lowest BCUT2D eigenvalue weighted by molar-refractivity contribution is 0.0848. The predicted octanol–water partition coefficient (Wildman–Crippen LogP) is 2.52. The molecule has 0 saturated carbocycles. The van der Waals surface area contributed by atoms with Crippen LogP contribution < -0.4 is 0 Å². The van der Waals surface area contributed by atoms with Crippen molar-refractivity contribution in [1.29, 1.82) is 0 Å². The molecule has 0 N–H and O–H groups in total. The van der Waals surface area contributed by atoms with Crippen LogP contribution in [0.2, 0.25) is 5.15 Å². The fraction of sp³-hybridized carbons (Fsp3) is 0.500. The minimum atomic E-state index is 0.465. The molecular weight excluding hydrogens is 238 g/mol. The molecule has 3 heterocycles. The van der Waals surface area contributed by atoms with Gasteiger partial charge in [-0.2, -0.15) is 0 Å². The van der Waals surface area contributed by atoms with Crippen molar-refractivity contribution in [1.82, 2.24) is 14.5 Å². The summed E-state index contributed by atoms with van der Waals surface area (Å²) in [4.78, 5) is 8.74. The molecule has 1 fully saturated rings. The lowest BCUT2D eigenvalue weighted by atomic mass is 9.94. The average molecular weight is 252 g/mol. The van der Waals surface area contributed by atoms with Crippen LogP contribution in [0.25, 0.3) is 11.0 Å². The van der Waals surface area contributed by atoms with E-state index in [9.17, 15) is 0 Å². The normalized spacial score (nSPS) is 17.8. The van der Waals surface area contributed by atoms with Gasteiger partial charge >= 0.3 is 0 Å². The van der Waals surface area contributed by atoms with E-state index >= 15 is 0 Å². The molecular formula is C12H14ClN3O. The van der Waals surface area contributed by atoms with Crippen LogP contribution in [0, 0.1) is 0 Å². The number of nitrogens with zero attached hydrogens (tertiary/aromatic N) is 3. The Morgan fingerprint density at radius 1 is 1.35 bits per heavy atom. The molecule has 0 spiro atoms. The minimum absolute atomic E-state index is 0.465. The van der Waals surface area contributed by atoms with Gasteiger partial charge < -0.3 is 9.30 Å². The molecule has 1 saturated heterocycles. The van der Waals surface area contributed by atoms with Crippen LogP contribution in [0.15, 0.2) is 12.4 Å². The summed E-state index contributed by atoms with van der Waals surface area (Å²) in [5, 5.41) is 1.78. The second kappa shape index (κ2) is 4.27. The van der Waals surface area contributed by atoms with Gasteiger partial charge in [0.05, 0.1) is 5.69 Å². The first-order valence-electron chi connectivity index (χ1n) is 5.81. The Labute approximate surface area is 105 Å². The van der Waals surface area contributed by atoms with Crippen molar-refractivity contribution in [3.8, 4) is 0 Å². The number of hydrogen-bond donors (Lipinski definition) is 0. The number of aromatic nitrogens is 3. The van der Waals surface area contributed by atoms with Crippen LogP contribution in [0.5, 0.6) is 0 Å². The van der Waals surface area contributed by atoms with Crippen LogP contribution >= 0.6 is 11.6 Å². The second-order valence-electron chi connectivity index (χ2n) is 4.41. The Bertz CT molecular complexity index is 546. The summed E-state index contributed by atoms with van der Waals surface area (Å²) in [6.07, 6.45) is 3.68. The highest BCUT2D eigenvalue weighted by Gasteiger charge is 2.21. The lowest BCUT2D eigenvalue weighted by Crippen LogP contribution is -2.15. The zero-order valence-corrected chi connectivity index (χ0v) is 10.4. The topological polar surface area (TPSA) is 39.9 Å². The molecule has 5 heteroatoms. The molecule has 0 atom stereocenters. The molecule has 4 nitrogen and oxygen atoms in total. The first-order chi connectivity index (χ1) is 8.27. The SMILES string of the molecule is Cn1c(Cl)cc2c(C3CCOCC3)ncnc21. The molecule has 1 aliphatic heterocycles. The monoisotopic (exact) mass is 251 g/mol. The molecule has 0 amide bonds. The van der Waals surface area contributed by atoms with Gasteiger partial charge in [-0.25, -0.2) is 9.97 Å². The van der Waals surface area contributed by atoms with Gasteiger partial charge in [-0.1, -0.05) is 11.6 Å². The Kier molecular flexibility index (Phi) is 2.76. The number of aryl methyl sites for hydroxylation is 1. The zero-order valence-electron chi connectivity index (χ0n) is 9.69. The van der Waals surface area contributed by atoms with E-state index in [1.165, 1.54) is 0 Å². The first-order valence-corrected chi connectivity index (χ1v) is 6.18. The third-order valence-electron chi connectivity index (χ3n) is 3.40. The molecule has 2 aromatic rings. The summed E-state index contributed by atoms with van der Waals surface area (Å²) in [5.41, 5.74) is 2.02. The Morgan fingerprint density at radius 2 is 2.12 bits per heavy atom. The molecule has 90 valence electrons. The van der Waals surface area contributed by atoms with Gasteiger partial charge in [0.15, 0.2) is 0 Å². The fourth-order valence-corrected chi connectivity index (χ4v) is 2.61. The van der Waals surface area contributed by atoms with Crippen molar-refractivity contribution >= 4 is 22.6 Å². The van der Waals surface area contributed by atoms with Crippen molar-refractivity contribution in [2.24, 2.45) is 7.05 Å². The van der Waals surface area contributed by atoms with E-state index in [0.717, 1.165) is 42.8 Å². The summed E-state index contributed by atoms with van der Waals surface area (Å²) in [7, 11) is 1.92. The number of halogens is 1. The van der Waals surface area contributed by atoms with Crippen LogP contribution in [-0.2, 0) is 11.8 Å². The summed E-state index contributed by atoms with van der Waals surface area (Å²) in [6, 6.07) is 1.96. The molecule has 0 aliphatic carbocycles. The summed E-state index contributed by atoms with van der Waals surface area (Å²) in [6.45, 7) is 1.63. The quantitative estimate of drug-likeness (QED) is 0.782. The highest BCUT2D eigenvalue weighted by molar-refractivity contribution is 6.30. The van der Waals surface area contributed by atoms with Crippen LogP contribution in [0.4, 0.5) is 0 Å². The van der Waals surface area contributed by atoms with Crippen molar-refractivity contribution < 1.29 is 4.74 Å². The van der Waals surface area contributed by atoms with Crippen molar-refractivity contribution in [2.75, 3.05) is 13.2 Å². The van der Waals surface area contributed by atoms with Gasteiger partial charge in [0.1, 0.15) is 17.1 Å². The molecule has 0 radical (unpaired) electrons. The summed E-state index contributed by atoms with van der Waals surface area (Å²) in [5.74, 6) is 0.465. The minimum Gasteiger partial charge on any atom is -0.381 e. The van der Waals surface area contributed by atoms with Gasteiger partial charge in [0.25, 0.3) is 0 Å². The van der Waals surface area contributed by atoms with Crippen molar-refractivity contribution in [2.45, 2.75) is 18.8 Å². The van der Waals surface area contributed by atoms with Gasteiger partial charge in [-0.15, -0.1) is 0 Å². The van der Waals surface area contributed by atoms with Gasteiger partial charge in [-0.3, -0.25) is 0 Å². The molecule has 17 heavy (non-hydrogen) atoms. The molecule has 1 aliphatic rings. The summed E-state index contributed by atoms with van der Waals surface area (Å²) >= 11 is 6.13. The zero-order chi connectivity index (χ0) is 11.8. The highest BCUT2D eigenvalue weighted by Crippen LogP contribution is 2.32. The van der Waals surface area contributed by atoms with Gasteiger partial charge in [-0.05, 0) is 18.9 Å². The highest BCUT2D eigenvalue weighted by atomic mass is 35.5. The maximum Gasteiger partial charge on any atom is 0.144 e. The van der Waals surface area contributed by atoms with Crippen molar-refractivity contribution in [3.05, 3.63) is 23.2 Å². The van der Waals surface area contributed by atoms with E-state index in [2.05, 4.69) is 9.97 Å². The maximum atomic E-state index is 6.13. The first kappa shape index (κ1) is 11.0. The summed E-state index contributed by atoms with van der Waals surface area (Å²) < 4.78 is 7.28. The van der Waals surface area contributed by atoms with Crippen LogP contribution in [0.3, 0.4) is 0 Å². The molecule has 2 aromatic heterocycles. The number of fused-ring (bicyclic) bond motifs is 1. The molecule has 0 bridgehead atoms. The smallest absolute Gasteiger partial charge is 0.144 e. The maximum absolute atomic E-state index is 6.13. The Morgan fingerprint density at radius 3 is 2.88 bits per heavy atom. The van der Waals surface area contributed by atoms with Crippen molar-refractivity contribution in [3.63, 3.8) is 0 Å². The van der Waals surface area contributed by atoms with E-state index in [-0.39, 0.29) is 0 Å². The predicted molar refractivity (Wildman–Crippen MR) is 66.3 cm³/mol. The number of hydrogen-bond acceptors (Lipinski definition) is 3. The van der Waals surface area contributed by atoms with E-state index in [4.69, 9.17) is 16.3 Å². The Hall–Kier alpha value is -1.13. The van der Waals surface area contributed by atoms with E-state index in [1.54, 1.807) is 6.33 Å². The molecule has 0 unspecified atom stereocenters. The second-order valence-corrected chi connectivity index (χ2v) is 4.80.